The highest BCUT2D eigenvalue weighted by Gasteiger charge is 2.36. The molecule has 204 valence electrons. The van der Waals surface area contributed by atoms with Gasteiger partial charge in [0.2, 0.25) is 0 Å². The normalized spacial score (nSPS) is 14.5. The summed E-state index contributed by atoms with van der Waals surface area (Å²) >= 11 is 0. The first-order valence-electron chi connectivity index (χ1n) is 12.1. The molecular weight excluding hydrogens is 504 g/mol. The summed E-state index contributed by atoms with van der Waals surface area (Å²) in [5.74, 6) is 0.687. The lowest BCUT2D eigenvalue weighted by atomic mass is 9.94. The Hall–Kier alpha value is -4.18. The van der Waals surface area contributed by atoms with Crippen molar-refractivity contribution in [2.75, 3.05) is 14.2 Å². The molecule has 4 aromatic rings. The highest BCUT2D eigenvalue weighted by molar-refractivity contribution is 5.83. The first kappa shape index (κ1) is 27.8. The van der Waals surface area contributed by atoms with Gasteiger partial charge in [0.15, 0.2) is 0 Å². The minimum atomic E-state index is -1.33. The van der Waals surface area contributed by atoms with E-state index in [9.17, 15) is 19.8 Å². The number of hydrogen-bond acceptors (Lipinski definition) is 9. The Labute approximate surface area is 224 Å². The number of hydrogen-bond donors (Lipinski definition) is 2. The topological polar surface area (TPSA) is 129 Å². The fourth-order valence-electron chi connectivity index (χ4n) is 4.39. The Bertz CT molecular complexity index is 1660. The first-order valence-corrected chi connectivity index (χ1v) is 12.1. The number of methoxy groups -OCH3 is 2. The van der Waals surface area contributed by atoms with Crippen molar-refractivity contribution in [2.45, 2.75) is 38.3 Å². The van der Waals surface area contributed by atoms with Gasteiger partial charge in [-0.15, -0.1) is 0 Å². The van der Waals surface area contributed by atoms with Crippen LogP contribution in [0.2, 0.25) is 0 Å². The van der Waals surface area contributed by atoms with Gasteiger partial charge in [-0.25, -0.2) is 9.59 Å². The average Bonchev–Trinajstić information content (AvgIpc) is 2.92. The molecule has 0 saturated carbocycles. The van der Waals surface area contributed by atoms with Gasteiger partial charge in [0.05, 0.1) is 19.8 Å². The van der Waals surface area contributed by atoms with Gasteiger partial charge in [-0.3, -0.25) is 0 Å². The fraction of sp³-hybridized carbons (Fsp3) is 0.267. The predicted octanol–water partition coefficient (Wildman–Crippen LogP) is 4.59. The molecule has 0 amide bonds. The molecule has 0 spiro atoms. The van der Waals surface area contributed by atoms with E-state index >= 15 is 0 Å². The molecule has 9 nitrogen and oxygen atoms in total. The van der Waals surface area contributed by atoms with Crippen LogP contribution in [-0.4, -0.2) is 36.6 Å². The number of ether oxygens (including phenoxy) is 3. The van der Waals surface area contributed by atoms with E-state index in [-0.39, 0.29) is 28.0 Å². The van der Waals surface area contributed by atoms with E-state index in [2.05, 4.69) is 13.2 Å². The van der Waals surface area contributed by atoms with Crippen LogP contribution in [-0.2, 0) is 4.74 Å². The largest absolute Gasteiger partial charge is 0.497 e. The summed E-state index contributed by atoms with van der Waals surface area (Å²) < 4.78 is 28.6. The maximum atomic E-state index is 12.2. The SMILES string of the molecule is C=C(C)C(O)C(OC(c1c(OC)ccc2ccc(=O)oc12)C(O)C(=C)C)c1cc(OC)cc2ccc(=O)oc12. The highest BCUT2D eigenvalue weighted by atomic mass is 16.5. The Morgan fingerprint density at radius 3 is 1.92 bits per heavy atom. The van der Waals surface area contributed by atoms with Crippen LogP contribution in [0.4, 0.5) is 0 Å². The second kappa shape index (κ2) is 11.3. The van der Waals surface area contributed by atoms with E-state index in [1.54, 1.807) is 50.2 Å². The standard InChI is InChI=1S/C30H30O9/c1-15(2)25(33)29(20-14-19(35-5)13-18-9-12-22(31)37-27(18)20)39-30(26(34)16(3)4)24-21(36-6)10-7-17-8-11-23(32)38-28(17)24/h7-14,25-26,29-30,33-34H,1,3H2,2,4-6H3. The summed E-state index contributed by atoms with van der Waals surface area (Å²) in [6, 6.07) is 12.3. The molecule has 0 aliphatic carbocycles. The zero-order valence-corrected chi connectivity index (χ0v) is 22.1. The third-order valence-corrected chi connectivity index (χ3v) is 6.43. The maximum absolute atomic E-state index is 12.2. The van der Waals surface area contributed by atoms with E-state index in [0.717, 1.165) is 0 Å². The minimum Gasteiger partial charge on any atom is -0.497 e. The number of aliphatic hydroxyl groups is 2. The molecule has 2 N–H and O–H groups in total. The Balaban J connectivity index is 2.02. The lowest BCUT2D eigenvalue weighted by Gasteiger charge is -2.33. The van der Waals surface area contributed by atoms with Crippen LogP contribution in [0.15, 0.2) is 91.3 Å². The highest BCUT2D eigenvalue weighted by Crippen LogP contribution is 2.43. The molecule has 0 fully saturated rings. The van der Waals surface area contributed by atoms with E-state index in [1.807, 2.05) is 0 Å². The summed E-state index contributed by atoms with van der Waals surface area (Å²) in [6.07, 6.45) is -5.15. The molecule has 0 aliphatic rings. The second-order valence-electron chi connectivity index (χ2n) is 9.30. The van der Waals surface area contributed by atoms with Crippen molar-refractivity contribution in [3.05, 3.63) is 105 Å². The maximum Gasteiger partial charge on any atom is 0.336 e. The van der Waals surface area contributed by atoms with Gasteiger partial charge in [0, 0.05) is 28.5 Å². The van der Waals surface area contributed by atoms with E-state index < -0.39 is 35.7 Å². The van der Waals surface area contributed by atoms with Crippen LogP contribution < -0.4 is 20.7 Å². The van der Waals surface area contributed by atoms with Crippen LogP contribution in [0, 0.1) is 0 Å². The van der Waals surface area contributed by atoms with Crippen LogP contribution in [0.3, 0.4) is 0 Å². The van der Waals surface area contributed by atoms with Crippen molar-refractivity contribution in [1.82, 2.24) is 0 Å². The Kier molecular flexibility index (Phi) is 8.06. The van der Waals surface area contributed by atoms with E-state index in [4.69, 9.17) is 23.0 Å². The van der Waals surface area contributed by atoms with Gasteiger partial charge in [0.25, 0.3) is 0 Å². The van der Waals surface area contributed by atoms with Gasteiger partial charge in [-0.1, -0.05) is 13.2 Å². The van der Waals surface area contributed by atoms with Gasteiger partial charge in [-0.05, 0) is 61.4 Å². The van der Waals surface area contributed by atoms with E-state index in [1.165, 1.54) is 26.4 Å². The number of aliphatic hydroxyl groups excluding tert-OH is 2. The van der Waals surface area contributed by atoms with Crippen LogP contribution >= 0.6 is 0 Å². The van der Waals surface area contributed by atoms with Crippen molar-refractivity contribution in [1.29, 1.82) is 0 Å². The molecule has 2 aromatic heterocycles. The average molecular weight is 535 g/mol. The molecule has 4 unspecified atom stereocenters. The lowest BCUT2D eigenvalue weighted by Crippen LogP contribution is -2.30. The zero-order valence-electron chi connectivity index (χ0n) is 22.1. The first-order chi connectivity index (χ1) is 18.5. The van der Waals surface area contributed by atoms with Crippen molar-refractivity contribution in [3.8, 4) is 11.5 Å². The summed E-state index contributed by atoms with van der Waals surface area (Å²) in [5, 5.41) is 23.8. The van der Waals surface area contributed by atoms with Crippen molar-refractivity contribution < 1.29 is 33.3 Å². The Morgan fingerprint density at radius 1 is 0.769 bits per heavy atom. The number of benzene rings is 2. The predicted molar refractivity (Wildman–Crippen MR) is 146 cm³/mol. The van der Waals surface area contributed by atoms with Crippen LogP contribution in [0.25, 0.3) is 21.9 Å². The summed E-state index contributed by atoms with van der Waals surface area (Å²) in [4.78, 5) is 24.4. The van der Waals surface area contributed by atoms with Gasteiger partial charge < -0.3 is 33.3 Å². The van der Waals surface area contributed by atoms with Gasteiger partial charge in [0.1, 0.15) is 47.1 Å². The summed E-state index contributed by atoms with van der Waals surface area (Å²) in [5.41, 5.74) is 0.268. The minimum absolute atomic E-state index is 0.137. The number of rotatable bonds is 10. The van der Waals surface area contributed by atoms with E-state index in [0.29, 0.717) is 27.7 Å². The van der Waals surface area contributed by atoms with Crippen molar-refractivity contribution in [2.24, 2.45) is 0 Å². The monoisotopic (exact) mass is 534 g/mol. The van der Waals surface area contributed by atoms with Crippen LogP contribution in [0.1, 0.15) is 37.2 Å². The van der Waals surface area contributed by atoms with Gasteiger partial charge in [-0.2, -0.15) is 0 Å². The Morgan fingerprint density at radius 2 is 1.33 bits per heavy atom. The molecule has 0 aliphatic heterocycles. The molecular formula is C30H30O9. The second-order valence-corrected chi connectivity index (χ2v) is 9.30. The summed E-state index contributed by atoms with van der Waals surface area (Å²) in [6.45, 7) is 11.0. The summed E-state index contributed by atoms with van der Waals surface area (Å²) in [7, 11) is 2.91. The molecule has 39 heavy (non-hydrogen) atoms. The molecule has 4 rings (SSSR count). The van der Waals surface area contributed by atoms with Gasteiger partial charge >= 0.3 is 11.3 Å². The quantitative estimate of drug-likeness (QED) is 0.222. The van der Waals surface area contributed by atoms with Crippen molar-refractivity contribution >= 4 is 21.9 Å². The lowest BCUT2D eigenvalue weighted by molar-refractivity contribution is -0.105. The van der Waals surface area contributed by atoms with Crippen molar-refractivity contribution in [3.63, 3.8) is 0 Å². The zero-order chi connectivity index (χ0) is 28.4. The van der Waals surface area contributed by atoms with Crippen LogP contribution in [0.5, 0.6) is 11.5 Å². The molecule has 9 heteroatoms. The fourth-order valence-corrected chi connectivity index (χ4v) is 4.39. The molecule has 2 aromatic carbocycles. The number of fused-ring (bicyclic) bond motifs is 2. The molecule has 2 heterocycles. The smallest absolute Gasteiger partial charge is 0.336 e. The molecule has 0 radical (unpaired) electrons. The molecule has 0 saturated heterocycles. The molecule has 0 bridgehead atoms. The molecule has 4 atom stereocenters. The third-order valence-electron chi connectivity index (χ3n) is 6.43. The third kappa shape index (κ3) is 5.51.